The number of hydrogen-bond acceptors (Lipinski definition) is 5. The second kappa shape index (κ2) is 12.4. The minimum Gasteiger partial charge on any atom is -0.344 e. The molecule has 11 heteroatoms. The Kier molecular flexibility index (Phi) is 9.30. The van der Waals surface area contributed by atoms with Crippen LogP contribution in [0.4, 0.5) is 11.4 Å². The molecule has 1 aliphatic carbocycles. The summed E-state index contributed by atoms with van der Waals surface area (Å²) in [5.41, 5.74) is 7.76. The number of fused-ring (bicyclic) bond motifs is 2. The Balaban J connectivity index is 1.56. The SMILES string of the molecule is CC1(C)C(=CC=C2CCCC(C3=[N+](CCCS(=O)(=O)O)c4ccccc4C3(C)C)=C2Cl)N(CCCS(=O)(=O)O)c2ccccc21. The Hall–Kier alpha value is -2.76. The Morgan fingerprint density at radius 1 is 0.844 bits per heavy atom. The van der Waals surface area contributed by atoms with Gasteiger partial charge in [-0.1, -0.05) is 67.9 Å². The summed E-state index contributed by atoms with van der Waals surface area (Å²) in [4.78, 5) is 2.14. The molecule has 0 unspecified atom stereocenters. The fraction of sp³-hybridized carbons (Fsp3) is 0.441. The highest BCUT2D eigenvalue weighted by atomic mass is 35.5. The molecule has 242 valence electrons. The third-order valence-corrected chi connectivity index (χ3v) is 11.3. The molecule has 0 fully saturated rings. The molecule has 0 atom stereocenters. The maximum Gasteiger partial charge on any atom is 0.265 e. The molecule has 0 saturated carbocycles. The molecule has 5 rings (SSSR count). The molecule has 2 N–H and O–H groups in total. The molecule has 0 saturated heterocycles. The topological polar surface area (TPSA) is 115 Å². The number of rotatable bonds is 10. The van der Waals surface area contributed by atoms with Gasteiger partial charge in [-0.2, -0.15) is 21.4 Å². The van der Waals surface area contributed by atoms with Gasteiger partial charge in [-0.15, -0.1) is 0 Å². The van der Waals surface area contributed by atoms with E-state index in [0.29, 0.717) is 18.1 Å². The standard InChI is InChI=1S/C34H41ClN2O6S2/c1-33(2)26-14-5-7-16-28(26)36(20-10-22-44(38,39)40)30(33)19-18-24-12-9-13-25(31(24)35)32-34(3,4)27-15-6-8-17-29(27)37(32)21-11-23-45(41,42)43/h5-8,14-19H,9-13,20-23H2,1-4H3,(H-,38,39,40,41,42,43)/p+1. The highest BCUT2D eigenvalue weighted by Gasteiger charge is 2.48. The van der Waals surface area contributed by atoms with Gasteiger partial charge in [-0.3, -0.25) is 9.11 Å². The number of nitrogens with zero attached hydrogens (tertiary/aromatic N) is 2. The van der Waals surface area contributed by atoms with E-state index in [2.05, 4.69) is 61.5 Å². The summed E-state index contributed by atoms with van der Waals surface area (Å²) in [6.45, 7) is 9.51. The van der Waals surface area contributed by atoms with Gasteiger partial charge in [0.1, 0.15) is 6.54 Å². The first kappa shape index (κ1) is 33.6. The van der Waals surface area contributed by atoms with Crippen molar-refractivity contribution in [3.05, 3.63) is 93.7 Å². The second-order valence-corrected chi connectivity index (χ2v) is 16.6. The van der Waals surface area contributed by atoms with Gasteiger partial charge in [-0.25, -0.2) is 0 Å². The van der Waals surface area contributed by atoms with E-state index in [4.69, 9.17) is 11.6 Å². The van der Waals surface area contributed by atoms with E-state index in [1.54, 1.807) is 0 Å². The summed E-state index contributed by atoms with van der Waals surface area (Å²) in [5.74, 6) is -0.625. The summed E-state index contributed by atoms with van der Waals surface area (Å²) in [7, 11) is -8.15. The normalized spacial score (nSPS) is 21.2. The van der Waals surface area contributed by atoms with Crippen LogP contribution in [0.1, 0.15) is 70.9 Å². The maximum absolute atomic E-state index is 11.5. The first-order valence-corrected chi connectivity index (χ1v) is 18.9. The van der Waals surface area contributed by atoms with Crippen molar-refractivity contribution >= 4 is 48.9 Å². The second-order valence-electron chi connectivity index (χ2n) is 13.1. The Bertz CT molecular complexity index is 1850. The van der Waals surface area contributed by atoms with Crippen molar-refractivity contribution in [2.45, 2.75) is 70.6 Å². The fourth-order valence-corrected chi connectivity index (χ4v) is 8.54. The van der Waals surface area contributed by atoms with Crippen LogP contribution < -0.4 is 4.90 Å². The lowest BCUT2D eigenvalue weighted by Gasteiger charge is -2.27. The molecule has 2 aliphatic heterocycles. The molecule has 0 bridgehead atoms. The molecular weight excluding hydrogens is 632 g/mol. The van der Waals surface area contributed by atoms with Crippen LogP contribution in [0.2, 0.25) is 0 Å². The number of allylic oxidation sites excluding steroid dienone is 6. The quantitative estimate of drug-likeness (QED) is 0.208. The van der Waals surface area contributed by atoms with Crippen molar-refractivity contribution in [2.75, 3.05) is 29.5 Å². The average molecular weight is 674 g/mol. The number of anilines is 1. The maximum atomic E-state index is 11.5. The van der Waals surface area contributed by atoms with Crippen LogP contribution in [-0.4, -0.2) is 60.8 Å². The van der Waals surface area contributed by atoms with Crippen LogP contribution >= 0.6 is 11.6 Å². The number of hydrogen-bond donors (Lipinski definition) is 2. The van der Waals surface area contributed by atoms with E-state index in [-0.39, 0.29) is 35.2 Å². The number of benzene rings is 2. The predicted octanol–water partition coefficient (Wildman–Crippen LogP) is 6.90. The van der Waals surface area contributed by atoms with Gasteiger partial charge >= 0.3 is 0 Å². The van der Waals surface area contributed by atoms with Crippen molar-refractivity contribution in [1.82, 2.24) is 0 Å². The molecule has 0 spiro atoms. The van der Waals surface area contributed by atoms with Gasteiger partial charge in [0, 0.05) is 47.0 Å². The summed E-state index contributed by atoms with van der Waals surface area (Å²) in [6, 6.07) is 16.3. The largest absolute Gasteiger partial charge is 0.344 e. The molecule has 0 aromatic heterocycles. The van der Waals surface area contributed by atoms with Crippen LogP contribution in [0.3, 0.4) is 0 Å². The summed E-state index contributed by atoms with van der Waals surface area (Å²) >= 11 is 7.28. The Morgan fingerprint density at radius 3 is 2.16 bits per heavy atom. The smallest absolute Gasteiger partial charge is 0.265 e. The van der Waals surface area contributed by atoms with E-state index in [0.717, 1.165) is 64.3 Å². The Labute approximate surface area is 272 Å². The molecule has 45 heavy (non-hydrogen) atoms. The van der Waals surface area contributed by atoms with Gasteiger partial charge < -0.3 is 4.90 Å². The molecular formula is C34H42ClN2O6S2+. The van der Waals surface area contributed by atoms with Gasteiger partial charge in [0.05, 0.1) is 22.0 Å². The van der Waals surface area contributed by atoms with E-state index < -0.39 is 20.2 Å². The van der Waals surface area contributed by atoms with Crippen LogP contribution in [-0.2, 0) is 31.1 Å². The molecule has 3 aliphatic rings. The van der Waals surface area contributed by atoms with Gasteiger partial charge in [0.25, 0.3) is 20.2 Å². The van der Waals surface area contributed by atoms with Gasteiger partial charge in [0.2, 0.25) is 5.69 Å². The predicted molar refractivity (Wildman–Crippen MR) is 181 cm³/mol. The average Bonchev–Trinajstić information content (AvgIpc) is 3.30. The molecule has 2 aromatic rings. The zero-order valence-electron chi connectivity index (χ0n) is 26.3. The fourth-order valence-electron chi connectivity index (χ4n) is 7.21. The number of para-hydroxylation sites is 2. The highest BCUT2D eigenvalue weighted by molar-refractivity contribution is 7.86. The van der Waals surface area contributed by atoms with Gasteiger partial charge in [-0.05, 0) is 62.8 Å². The zero-order chi connectivity index (χ0) is 32.8. The van der Waals surface area contributed by atoms with Crippen molar-refractivity contribution in [2.24, 2.45) is 0 Å². The van der Waals surface area contributed by atoms with Crippen LogP contribution in [0.5, 0.6) is 0 Å². The van der Waals surface area contributed by atoms with Crippen LogP contribution in [0, 0.1) is 0 Å². The lowest BCUT2D eigenvalue weighted by Crippen LogP contribution is -2.33. The highest BCUT2D eigenvalue weighted by Crippen LogP contribution is 2.49. The van der Waals surface area contributed by atoms with Crippen molar-refractivity contribution < 1.29 is 30.5 Å². The van der Waals surface area contributed by atoms with Gasteiger partial charge in [0.15, 0.2) is 5.71 Å². The Morgan fingerprint density at radius 2 is 1.47 bits per heavy atom. The van der Waals surface area contributed by atoms with Crippen molar-refractivity contribution in [3.8, 4) is 0 Å². The van der Waals surface area contributed by atoms with Crippen LogP contribution in [0.25, 0.3) is 0 Å². The molecule has 0 radical (unpaired) electrons. The van der Waals surface area contributed by atoms with Crippen molar-refractivity contribution in [1.29, 1.82) is 0 Å². The number of halogens is 1. The summed E-state index contributed by atoms with van der Waals surface area (Å²) in [6.07, 6.45) is 7.21. The van der Waals surface area contributed by atoms with E-state index in [1.807, 2.05) is 36.4 Å². The van der Waals surface area contributed by atoms with Crippen molar-refractivity contribution in [3.63, 3.8) is 0 Å². The third-order valence-electron chi connectivity index (χ3n) is 9.25. The lowest BCUT2D eigenvalue weighted by atomic mass is 9.76. The minimum absolute atomic E-state index is 0.273. The first-order valence-electron chi connectivity index (χ1n) is 15.3. The summed E-state index contributed by atoms with van der Waals surface area (Å²) in [5, 5.41) is 0.694. The lowest BCUT2D eigenvalue weighted by molar-refractivity contribution is -0.438. The monoisotopic (exact) mass is 673 g/mol. The minimum atomic E-state index is -4.08. The molecule has 8 nitrogen and oxygen atoms in total. The third kappa shape index (κ3) is 6.86. The molecule has 2 heterocycles. The summed E-state index contributed by atoms with van der Waals surface area (Å²) < 4.78 is 66.9. The first-order chi connectivity index (χ1) is 21.0. The molecule has 0 amide bonds. The van der Waals surface area contributed by atoms with E-state index in [9.17, 15) is 25.9 Å². The van der Waals surface area contributed by atoms with Crippen LogP contribution in [0.15, 0.2) is 82.6 Å². The zero-order valence-corrected chi connectivity index (χ0v) is 28.6. The van der Waals surface area contributed by atoms with E-state index in [1.165, 1.54) is 0 Å². The van der Waals surface area contributed by atoms with E-state index >= 15 is 0 Å². The molecule has 2 aromatic carbocycles.